The smallest absolute Gasteiger partial charge is 0.214 e. The van der Waals surface area contributed by atoms with Crippen LogP contribution in [0.4, 0.5) is 5.69 Å². The fourth-order valence-corrected chi connectivity index (χ4v) is 3.97. The number of nitrogens with one attached hydrogen (secondary N) is 1. The SMILES string of the molecule is CN(C)c1ccc([C@H]2NC[C@H](CSc3nnnn3-c3ccc(Cl)cc3)O2)cc1. The topological polar surface area (TPSA) is 68.1 Å². The molecule has 9 heteroatoms. The molecule has 4 rings (SSSR count). The van der Waals surface area contributed by atoms with Crippen LogP contribution in [-0.2, 0) is 4.74 Å². The molecule has 1 saturated heterocycles. The standard InChI is InChI=1S/C19H21ClN6OS/c1-25(2)15-7-3-13(4-8-15)18-21-11-17(27-18)12-28-19-22-23-24-26(19)16-9-5-14(20)6-10-16/h3-10,17-18,21H,11-12H2,1-2H3/t17-,18+/m1/s1. The van der Waals surface area contributed by atoms with Crippen molar-refractivity contribution in [1.29, 1.82) is 0 Å². The van der Waals surface area contributed by atoms with E-state index < -0.39 is 0 Å². The summed E-state index contributed by atoms with van der Waals surface area (Å²) in [7, 11) is 4.06. The Morgan fingerprint density at radius 1 is 1.18 bits per heavy atom. The molecule has 0 radical (unpaired) electrons. The third kappa shape index (κ3) is 4.30. The van der Waals surface area contributed by atoms with Gasteiger partial charge < -0.3 is 9.64 Å². The minimum Gasteiger partial charge on any atom is -0.378 e. The van der Waals surface area contributed by atoms with E-state index in [0.717, 1.165) is 28.7 Å². The lowest BCUT2D eigenvalue weighted by atomic mass is 10.2. The molecule has 2 heterocycles. The first-order valence-corrected chi connectivity index (χ1v) is 10.3. The molecule has 3 aromatic rings. The molecule has 0 saturated carbocycles. The van der Waals surface area contributed by atoms with E-state index in [1.807, 2.05) is 38.4 Å². The summed E-state index contributed by atoms with van der Waals surface area (Å²) in [5.41, 5.74) is 3.17. The van der Waals surface area contributed by atoms with Gasteiger partial charge in [0, 0.05) is 37.1 Å². The Bertz CT molecular complexity index is 915. The Kier molecular flexibility index (Phi) is 5.82. The number of nitrogens with zero attached hydrogens (tertiary/aromatic N) is 5. The second-order valence-corrected chi connectivity index (χ2v) is 8.12. The molecule has 1 fully saturated rings. The molecule has 28 heavy (non-hydrogen) atoms. The molecule has 1 aliphatic heterocycles. The second kappa shape index (κ2) is 8.48. The number of hydrogen-bond acceptors (Lipinski definition) is 7. The fraction of sp³-hybridized carbons (Fsp3) is 0.316. The van der Waals surface area contributed by atoms with Crippen LogP contribution in [-0.4, -0.2) is 52.7 Å². The zero-order valence-electron chi connectivity index (χ0n) is 15.6. The van der Waals surface area contributed by atoms with Crippen molar-refractivity contribution in [2.75, 3.05) is 31.3 Å². The van der Waals surface area contributed by atoms with E-state index in [1.165, 1.54) is 5.69 Å². The van der Waals surface area contributed by atoms with Crippen molar-refractivity contribution in [3.05, 3.63) is 59.1 Å². The number of tetrazole rings is 1. The lowest BCUT2D eigenvalue weighted by Gasteiger charge is -2.16. The highest BCUT2D eigenvalue weighted by Gasteiger charge is 2.26. The highest BCUT2D eigenvalue weighted by Crippen LogP contribution is 2.27. The minimum atomic E-state index is -0.0888. The summed E-state index contributed by atoms with van der Waals surface area (Å²) in [5.74, 6) is 0.757. The third-order valence-corrected chi connectivity index (χ3v) is 5.79. The summed E-state index contributed by atoms with van der Waals surface area (Å²) < 4.78 is 7.88. The first-order valence-electron chi connectivity index (χ1n) is 8.93. The molecule has 1 aromatic heterocycles. The number of rotatable bonds is 6. The van der Waals surface area contributed by atoms with Crippen LogP contribution in [0.1, 0.15) is 11.8 Å². The maximum Gasteiger partial charge on any atom is 0.214 e. The van der Waals surface area contributed by atoms with Crippen molar-refractivity contribution in [3.8, 4) is 5.69 Å². The Morgan fingerprint density at radius 3 is 2.64 bits per heavy atom. The molecule has 0 spiro atoms. The van der Waals surface area contributed by atoms with E-state index >= 15 is 0 Å². The summed E-state index contributed by atoms with van der Waals surface area (Å²) in [6.45, 7) is 0.787. The number of ether oxygens (including phenoxy) is 1. The van der Waals surface area contributed by atoms with E-state index in [2.05, 4.69) is 50.0 Å². The van der Waals surface area contributed by atoms with Gasteiger partial charge >= 0.3 is 0 Å². The van der Waals surface area contributed by atoms with Gasteiger partial charge in [0.05, 0.1) is 11.8 Å². The first-order chi connectivity index (χ1) is 13.6. The first kappa shape index (κ1) is 19.2. The summed E-state index contributed by atoms with van der Waals surface area (Å²) in [6, 6.07) is 15.8. The van der Waals surface area contributed by atoms with Crippen molar-refractivity contribution in [2.45, 2.75) is 17.5 Å². The normalized spacial score (nSPS) is 19.1. The third-order valence-electron chi connectivity index (χ3n) is 4.48. The predicted octanol–water partition coefficient (Wildman–Crippen LogP) is 3.16. The van der Waals surface area contributed by atoms with Gasteiger partial charge in [-0.25, -0.2) is 0 Å². The summed E-state index contributed by atoms with van der Waals surface area (Å²) in [5, 5.41) is 16.8. The lowest BCUT2D eigenvalue weighted by Crippen LogP contribution is -2.17. The lowest BCUT2D eigenvalue weighted by molar-refractivity contribution is 0.0534. The van der Waals surface area contributed by atoms with Crippen molar-refractivity contribution in [1.82, 2.24) is 25.5 Å². The molecule has 7 nitrogen and oxygen atoms in total. The van der Waals surface area contributed by atoms with Crippen LogP contribution in [0.3, 0.4) is 0 Å². The van der Waals surface area contributed by atoms with Crippen LogP contribution in [0.5, 0.6) is 0 Å². The van der Waals surface area contributed by atoms with Crippen LogP contribution in [0.25, 0.3) is 5.69 Å². The van der Waals surface area contributed by atoms with Crippen LogP contribution in [0, 0.1) is 0 Å². The second-order valence-electron chi connectivity index (χ2n) is 6.69. The molecule has 1 N–H and O–H groups in total. The fourth-order valence-electron chi connectivity index (χ4n) is 2.95. The van der Waals surface area contributed by atoms with Crippen LogP contribution in [0.15, 0.2) is 53.7 Å². The molecule has 1 aliphatic rings. The largest absolute Gasteiger partial charge is 0.378 e. The zero-order chi connectivity index (χ0) is 19.5. The Morgan fingerprint density at radius 2 is 1.93 bits per heavy atom. The van der Waals surface area contributed by atoms with E-state index in [-0.39, 0.29) is 12.3 Å². The van der Waals surface area contributed by atoms with Crippen molar-refractivity contribution in [2.24, 2.45) is 0 Å². The molecular weight excluding hydrogens is 396 g/mol. The predicted molar refractivity (Wildman–Crippen MR) is 111 cm³/mol. The number of hydrogen-bond donors (Lipinski definition) is 1. The molecule has 146 valence electrons. The molecule has 0 amide bonds. The average molecular weight is 417 g/mol. The monoisotopic (exact) mass is 416 g/mol. The van der Waals surface area contributed by atoms with Gasteiger partial charge in [0.2, 0.25) is 5.16 Å². The number of anilines is 1. The molecular formula is C19H21ClN6OS. The van der Waals surface area contributed by atoms with E-state index in [0.29, 0.717) is 5.02 Å². The molecule has 0 unspecified atom stereocenters. The van der Waals surface area contributed by atoms with Gasteiger partial charge in [0.15, 0.2) is 0 Å². The highest BCUT2D eigenvalue weighted by atomic mass is 35.5. The van der Waals surface area contributed by atoms with Gasteiger partial charge in [-0.15, -0.1) is 5.10 Å². The van der Waals surface area contributed by atoms with Gasteiger partial charge in [-0.1, -0.05) is 35.5 Å². The summed E-state index contributed by atoms with van der Waals surface area (Å²) in [6.07, 6.45) is -0.00651. The van der Waals surface area contributed by atoms with Gasteiger partial charge in [0.1, 0.15) is 6.23 Å². The van der Waals surface area contributed by atoms with Crippen molar-refractivity contribution >= 4 is 29.1 Å². The van der Waals surface area contributed by atoms with Crippen LogP contribution >= 0.6 is 23.4 Å². The van der Waals surface area contributed by atoms with Crippen molar-refractivity contribution < 1.29 is 4.74 Å². The number of benzene rings is 2. The molecule has 0 bridgehead atoms. The number of aromatic nitrogens is 4. The quantitative estimate of drug-likeness (QED) is 0.619. The van der Waals surface area contributed by atoms with Gasteiger partial charge in [-0.3, -0.25) is 5.32 Å². The number of thioether (sulfide) groups is 1. The molecule has 2 aromatic carbocycles. The van der Waals surface area contributed by atoms with Crippen molar-refractivity contribution in [3.63, 3.8) is 0 Å². The zero-order valence-corrected chi connectivity index (χ0v) is 17.2. The number of halogens is 1. The average Bonchev–Trinajstić information content (AvgIpc) is 3.36. The summed E-state index contributed by atoms with van der Waals surface area (Å²) >= 11 is 7.53. The van der Waals surface area contributed by atoms with Gasteiger partial charge in [-0.2, -0.15) is 4.68 Å². The maximum atomic E-state index is 6.17. The van der Waals surface area contributed by atoms with Gasteiger partial charge in [0.25, 0.3) is 0 Å². The van der Waals surface area contributed by atoms with Gasteiger partial charge in [-0.05, 0) is 52.4 Å². The molecule has 0 aliphatic carbocycles. The minimum absolute atomic E-state index is 0.0823. The van der Waals surface area contributed by atoms with Crippen LogP contribution in [0.2, 0.25) is 5.02 Å². The summed E-state index contributed by atoms with van der Waals surface area (Å²) in [4.78, 5) is 2.08. The van der Waals surface area contributed by atoms with Crippen LogP contribution < -0.4 is 10.2 Å². The molecule has 2 atom stereocenters. The Balaban J connectivity index is 1.35. The van der Waals surface area contributed by atoms with E-state index in [1.54, 1.807) is 16.4 Å². The highest BCUT2D eigenvalue weighted by molar-refractivity contribution is 7.99. The maximum absolute atomic E-state index is 6.17. The Labute approximate surface area is 173 Å². The Hall–Kier alpha value is -2.13. The van der Waals surface area contributed by atoms with E-state index in [4.69, 9.17) is 16.3 Å². The van der Waals surface area contributed by atoms with E-state index in [9.17, 15) is 0 Å².